The summed E-state index contributed by atoms with van der Waals surface area (Å²) >= 11 is 1.01. The zero-order chi connectivity index (χ0) is 22.1. The van der Waals surface area contributed by atoms with E-state index in [0.717, 1.165) is 41.1 Å². The van der Waals surface area contributed by atoms with Crippen molar-refractivity contribution < 1.29 is 13.6 Å². The summed E-state index contributed by atoms with van der Waals surface area (Å²) in [5, 5.41) is 0.759. The van der Waals surface area contributed by atoms with E-state index < -0.39 is 17.4 Å². The van der Waals surface area contributed by atoms with Gasteiger partial charge in [-0.2, -0.15) is 0 Å². The maximum atomic E-state index is 14.0. The van der Waals surface area contributed by atoms with Gasteiger partial charge in [-0.05, 0) is 55.8 Å². The third-order valence-corrected chi connectivity index (χ3v) is 5.84. The summed E-state index contributed by atoms with van der Waals surface area (Å²) in [5.74, 6) is -2.26. The van der Waals surface area contributed by atoms with E-state index in [-0.39, 0.29) is 16.9 Å². The molecule has 0 saturated carbocycles. The fourth-order valence-electron chi connectivity index (χ4n) is 3.40. The number of fused-ring (bicyclic) bond motifs is 1. The predicted molar refractivity (Wildman–Crippen MR) is 118 cm³/mol. The maximum absolute atomic E-state index is 14.0. The molecule has 0 aliphatic rings. The Morgan fingerprint density at radius 2 is 1.81 bits per heavy atom. The fourth-order valence-corrected chi connectivity index (χ4v) is 4.29. The number of benzene rings is 3. The van der Waals surface area contributed by atoms with Gasteiger partial charge in [0.1, 0.15) is 11.6 Å². The summed E-state index contributed by atoms with van der Waals surface area (Å²) in [6.45, 7) is 3.85. The monoisotopic (exact) mass is 436 g/mol. The average molecular weight is 436 g/mol. The highest BCUT2D eigenvalue weighted by Gasteiger charge is 2.18. The van der Waals surface area contributed by atoms with Gasteiger partial charge in [0.25, 0.3) is 5.56 Å². The lowest BCUT2D eigenvalue weighted by Crippen LogP contribution is -2.23. The Morgan fingerprint density at radius 1 is 1.03 bits per heavy atom. The number of hydrogen-bond acceptors (Lipinski definition) is 4. The predicted octanol–water partition coefficient (Wildman–Crippen LogP) is 5.26. The summed E-state index contributed by atoms with van der Waals surface area (Å²) in [6.07, 6.45) is 0. The maximum Gasteiger partial charge on any atom is 0.266 e. The van der Waals surface area contributed by atoms with Crippen LogP contribution in [0.25, 0.3) is 16.6 Å². The first-order chi connectivity index (χ1) is 14.8. The first-order valence-corrected chi connectivity index (χ1v) is 10.5. The van der Waals surface area contributed by atoms with Crippen LogP contribution in [0.4, 0.5) is 8.78 Å². The second-order valence-corrected chi connectivity index (χ2v) is 8.12. The zero-order valence-electron chi connectivity index (χ0n) is 16.9. The van der Waals surface area contributed by atoms with E-state index in [2.05, 4.69) is 4.98 Å². The number of rotatable bonds is 5. The standard InChI is InChI=1S/C24H18F2N2O2S/c1-14-7-10-21(15(2)11-14)28-23(30)17-5-3-4-6-20(17)27-24(28)31-13-22(29)18-12-16(25)8-9-19(18)26/h3-12H,13H2,1-2H3. The van der Waals surface area contributed by atoms with Gasteiger partial charge in [0.05, 0.1) is 27.9 Å². The molecule has 0 aliphatic heterocycles. The molecule has 0 amide bonds. The molecule has 0 fully saturated rings. The van der Waals surface area contributed by atoms with Crippen molar-refractivity contribution in [2.75, 3.05) is 5.75 Å². The minimum Gasteiger partial charge on any atom is -0.293 e. The number of thioether (sulfide) groups is 1. The Balaban J connectivity index is 1.80. The molecule has 3 aromatic carbocycles. The van der Waals surface area contributed by atoms with E-state index in [0.29, 0.717) is 21.7 Å². The topological polar surface area (TPSA) is 52.0 Å². The minimum atomic E-state index is -0.787. The number of aromatic nitrogens is 2. The van der Waals surface area contributed by atoms with Crippen LogP contribution in [0, 0.1) is 25.5 Å². The van der Waals surface area contributed by atoms with E-state index in [9.17, 15) is 18.4 Å². The molecule has 156 valence electrons. The van der Waals surface area contributed by atoms with E-state index in [1.165, 1.54) is 4.57 Å². The Morgan fingerprint density at radius 3 is 2.58 bits per heavy atom. The van der Waals surface area contributed by atoms with Crippen molar-refractivity contribution in [2.45, 2.75) is 19.0 Å². The van der Waals surface area contributed by atoms with Gasteiger partial charge in [-0.3, -0.25) is 14.2 Å². The quantitative estimate of drug-likeness (QED) is 0.243. The molecule has 7 heteroatoms. The van der Waals surface area contributed by atoms with Crippen LogP contribution in [-0.4, -0.2) is 21.1 Å². The van der Waals surface area contributed by atoms with Gasteiger partial charge in [-0.25, -0.2) is 13.8 Å². The van der Waals surface area contributed by atoms with Crippen LogP contribution in [0.3, 0.4) is 0 Å². The first-order valence-electron chi connectivity index (χ1n) is 9.55. The summed E-state index contributed by atoms with van der Waals surface area (Å²) in [5.41, 5.74) is 2.50. The lowest BCUT2D eigenvalue weighted by molar-refractivity contribution is 0.101. The van der Waals surface area contributed by atoms with Gasteiger partial charge in [0.2, 0.25) is 0 Å². The van der Waals surface area contributed by atoms with Gasteiger partial charge in [-0.1, -0.05) is 41.6 Å². The SMILES string of the molecule is Cc1ccc(-n2c(SCC(=O)c3cc(F)ccc3F)nc3ccccc3c2=O)c(C)c1. The number of Topliss-reactive ketones (excluding diaryl/α,β-unsaturated/α-hetero) is 1. The summed E-state index contributed by atoms with van der Waals surface area (Å²) in [4.78, 5) is 30.5. The van der Waals surface area contributed by atoms with Crippen molar-refractivity contribution in [3.63, 3.8) is 0 Å². The number of aryl methyl sites for hydroxylation is 2. The molecule has 1 heterocycles. The summed E-state index contributed by atoms with van der Waals surface area (Å²) in [6, 6.07) is 15.4. The Bertz CT molecular complexity index is 1380. The molecule has 0 aliphatic carbocycles. The van der Waals surface area contributed by atoms with Crippen molar-refractivity contribution in [2.24, 2.45) is 0 Å². The van der Waals surface area contributed by atoms with Gasteiger partial charge in [-0.15, -0.1) is 0 Å². The normalized spacial score (nSPS) is 11.1. The molecule has 1 aromatic heterocycles. The third-order valence-electron chi connectivity index (χ3n) is 4.90. The summed E-state index contributed by atoms with van der Waals surface area (Å²) < 4.78 is 28.9. The lowest BCUT2D eigenvalue weighted by Gasteiger charge is -2.15. The Labute approximate surface area is 181 Å². The molecule has 0 spiro atoms. The second kappa shape index (κ2) is 8.43. The number of carbonyl (C=O) groups is 1. The molecule has 4 rings (SSSR count). The van der Waals surface area contributed by atoms with Crippen molar-refractivity contribution >= 4 is 28.4 Å². The van der Waals surface area contributed by atoms with E-state index >= 15 is 0 Å². The average Bonchev–Trinajstić information content (AvgIpc) is 2.75. The first kappa shape index (κ1) is 20.9. The van der Waals surface area contributed by atoms with Gasteiger partial charge < -0.3 is 0 Å². The second-order valence-electron chi connectivity index (χ2n) is 7.18. The van der Waals surface area contributed by atoms with Gasteiger partial charge in [0, 0.05) is 0 Å². The van der Waals surface area contributed by atoms with Crippen LogP contribution in [0.15, 0.2) is 70.6 Å². The molecule has 0 bridgehead atoms. The van der Waals surface area contributed by atoms with E-state index in [4.69, 9.17) is 0 Å². The number of carbonyl (C=O) groups excluding carboxylic acids is 1. The van der Waals surface area contributed by atoms with Crippen molar-refractivity contribution in [3.8, 4) is 5.69 Å². The summed E-state index contributed by atoms with van der Waals surface area (Å²) in [7, 11) is 0. The number of ketones is 1. The molecule has 31 heavy (non-hydrogen) atoms. The molecule has 0 N–H and O–H groups in total. The molecule has 0 atom stereocenters. The highest BCUT2D eigenvalue weighted by molar-refractivity contribution is 7.99. The molecular formula is C24H18F2N2O2S. The van der Waals surface area contributed by atoms with Gasteiger partial charge >= 0.3 is 0 Å². The third kappa shape index (κ3) is 4.14. The number of hydrogen-bond donors (Lipinski definition) is 0. The highest BCUT2D eigenvalue weighted by Crippen LogP contribution is 2.25. The molecule has 0 radical (unpaired) electrons. The molecule has 4 aromatic rings. The lowest BCUT2D eigenvalue weighted by atomic mass is 10.1. The van der Waals surface area contributed by atoms with E-state index in [1.54, 1.807) is 24.3 Å². The number of halogens is 2. The van der Waals surface area contributed by atoms with Crippen LogP contribution in [0.2, 0.25) is 0 Å². The number of para-hydroxylation sites is 1. The van der Waals surface area contributed by atoms with Crippen molar-refractivity contribution in [3.05, 3.63) is 99.3 Å². The largest absolute Gasteiger partial charge is 0.293 e. The minimum absolute atomic E-state index is 0.198. The Hall–Kier alpha value is -3.32. The van der Waals surface area contributed by atoms with Crippen molar-refractivity contribution in [1.29, 1.82) is 0 Å². The fraction of sp³-hybridized carbons (Fsp3) is 0.125. The molecule has 0 unspecified atom stereocenters. The van der Waals surface area contributed by atoms with Crippen LogP contribution >= 0.6 is 11.8 Å². The molecule has 0 saturated heterocycles. The van der Waals surface area contributed by atoms with Crippen LogP contribution in [0.5, 0.6) is 0 Å². The van der Waals surface area contributed by atoms with Crippen LogP contribution < -0.4 is 5.56 Å². The molecular weight excluding hydrogens is 418 g/mol. The van der Waals surface area contributed by atoms with Crippen LogP contribution in [-0.2, 0) is 0 Å². The van der Waals surface area contributed by atoms with E-state index in [1.807, 2.05) is 32.0 Å². The highest BCUT2D eigenvalue weighted by atomic mass is 32.2. The molecule has 4 nitrogen and oxygen atoms in total. The zero-order valence-corrected chi connectivity index (χ0v) is 17.7. The Kier molecular flexibility index (Phi) is 5.69. The smallest absolute Gasteiger partial charge is 0.266 e. The van der Waals surface area contributed by atoms with Crippen LogP contribution in [0.1, 0.15) is 21.5 Å². The van der Waals surface area contributed by atoms with Crippen molar-refractivity contribution in [1.82, 2.24) is 9.55 Å². The number of nitrogens with zero attached hydrogens (tertiary/aromatic N) is 2. The van der Waals surface area contributed by atoms with Gasteiger partial charge in [0.15, 0.2) is 10.9 Å².